The lowest BCUT2D eigenvalue weighted by molar-refractivity contribution is 0.244. The molecule has 0 spiro atoms. The third-order valence-corrected chi connectivity index (χ3v) is 3.76. The van der Waals surface area contributed by atoms with Crippen molar-refractivity contribution >= 4 is 27.7 Å². The number of hydrogen-bond donors (Lipinski definition) is 3. The Balaban J connectivity index is 2.32. The van der Waals surface area contributed by atoms with Gasteiger partial charge in [0, 0.05) is 12.7 Å². The molecule has 1 aliphatic rings. The van der Waals surface area contributed by atoms with Gasteiger partial charge in [-0.1, -0.05) is 6.92 Å². The van der Waals surface area contributed by atoms with Crippen molar-refractivity contribution in [2.45, 2.75) is 19.4 Å². The zero-order valence-corrected chi connectivity index (χ0v) is 11.2. The molecule has 2 rings (SSSR count). The summed E-state index contributed by atoms with van der Waals surface area (Å²) >= 11 is 3.43. The zero-order chi connectivity index (χ0) is 12.4. The number of nitrogens with two attached hydrogens (primary N) is 1. The van der Waals surface area contributed by atoms with E-state index < -0.39 is 0 Å². The summed E-state index contributed by atoms with van der Waals surface area (Å²) in [5.41, 5.74) is 2.43. The second-order valence-electron chi connectivity index (χ2n) is 4.22. The first-order chi connectivity index (χ1) is 8.17. The lowest BCUT2D eigenvalue weighted by Gasteiger charge is -2.27. The van der Waals surface area contributed by atoms with Crippen molar-refractivity contribution in [3.63, 3.8) is 0 Å². The third-order valence-electron chi connectivity index (χ3n) is 3.20. The number of rotatable bonds is 3. The van der Waals surface area contributed by atoms with Gasteiger partial charge in [0.2, 0.25) is 5.95 Å². The molecule has 17 heavy (non-hydrogen) atoms. The molecule has 0 aliphatic carbocycles. The Labute approximate surface area is 108 Å². The summed E-state index contributed by atoms with van der Waals surface area (Å²) in [6.45, 7) is 3.15. The fourth-order valence-electron chi connectivity index (χ4n) is 2.18. The van der Waals surface area contributed by atoms with Crippen LogP contribution in [-0.2, 0) is 0 Å². The van der Waals surface area contributed by atoms with Crippen LogP contribution in [0.1, 0.15) is 13.3 Å². The number of anilines is 2. The Kier molecular flexibility index (Phi) is 3.80. The van der Waals surface area contributed by atoms with Crippen LogP contribution in [-0.4, -0.2) is 34.3 Å². The minimum Gasteiger partial charge on any atom is -0.394 e. The predicted molar refractivity (Wildman–Crippen MR) is 69.5 cm³/mol. The molecule has 0 saturated carbocycles. The van der Waals surface area contributed by atoms with Crippen LogP contribution in [0.3, 0.4) is 0 Å². The highest BCUT2D eigenvalue weighted by molar-refractivity contribution is 9.10. The molecule has 1 saturated heterocycles. The summed E-state index contributed by atoms with van der Waals surface area (Å²) in [6, 6.07) is 0.104. The monoisotopic (exact) mass is 301 g/mol. The number of aliphatic hydroxyl groups is 1. The molecule has 1 aliphatic heterocycles. The van der Waals surface area contributed by atoms with E-state index in [-0.39, 0.29) is 12.6 Å². The van der Waals surface area contributed by atoms with E-state index in [2.05, 4.69) is 43.1 Å². The highest BCUT2D eigenvalue weighted by Crippen LogP contribution is 2.32. The van der Waals surface area contributed by atoms with E-state index in [4.69, 9.17) is 5.84 Å². The van der Waals surface area contributed by atoms with Gasteiger partial charge in [0.15, 0.2) is 0 Å². The van der Waals surface area contributed by atoms with Crippen LogP contribution < -0.4 is 16.2 Å². The fraction of sp³-hybridized carbons (Fsp3) is 0.600. The summed E-state index contributed by atoms with van der Waals surface area (Å²) < 4.78 is 0.809. The quantitative estimate of drug-likeness (QED) is 0.564. The highest BCUT2D eigenvalue weighted by Gasteiger charge is 2.32. The van der Waals surface area contributed by atoms with E-state index >= 15 is 0 Å². The van der Waals surface area contributed by atoms with Gasteiger partial charge in [-0.25, -0.2) is 10.8 Å². The maximum atomic E-state index is 9.44. The van der Waals surface area contributed by atoms with Crippen molar-refractivity contribution in [1.29, 1.82) is 0 Å². The van der Waals surface area contributed by atoms with Crippen LogP contribution in [0.15, 0.2) is 10.7 Å². The number of aliphatic hydroxyl groups excluding tert-OH is 1. The van der Waals surface area contributed by atoms with Crippen LogP contribution in [0.5, 0.6) is 0 Å². The van der Waals surface area contributed by atoms with E-state index in [0.29, 0.717) is 11.9 Å². The molecule has 0 bridgehead atoms. The molecule has 4 N–H and O–H groups in total. The van der Waals surface area contributed by atoms with Gasteiger partial charge in [0.1, 0.15) is 5.82 Å². The fourth-order valence-corrected chi connectivity index (χ4v) is 2.60. The topological polar surface area (TPSA) is 87.3 Å². The molecule has 1 aromatic heterocycles. The molecular formula is C10H16BrN5O. The van der Waals surface area contributed by atoms with Gasteiger partial charge < -0.3 is 10.0 Å². The van der Waals surface area contributed by atoms with Gasteiger partial charge in [0.25, 0.3) is 0 Å². The Morgan fingerprint density at radius 3 is 3.12 bits per heavy atom. The van der Waals surface area contributed by atoms with Crippen molar-refractivity contribution < 1.29 is 5.11 Å². The average molecular weight is 302 g/mol. The van der Waals surface area contributed by atoms with E-state index in [1.807, 2.05) is 0 Å². The van der Waals surface area contributed by atoms with Crippen LogP contribution in [0.2, 0.25) is 0 Å². The number of hydrazine groups is 1. The molecule has 2 unspecified atom stereocenters. The second kappa shape index (κ2) is 5.16. The summed E-state index contributed by atoms with van der Waals surface area (Å²) in [7, 11) is 0. The number of hydrogen-bond acceptors (Lipinski definition) is 6. The van der Waals surface area contributed by atoms with Gasteiger partial charge in [-0.15, -0.1) is 0 Å². The standard InChI is InChI=1S/C10H16BrN5O/c1-6-2-3-16(8(6)5-17)9-7(11)4-13-10(14-9)15-12/h4,6,8,17H,2-3,5,12H2,1H3,(H,13,14,15). The minimum absolute atomic E-state index is 0.104. The second-order valence-corrected chi connectivity index (χ2v) is 5.07. The van der Waals surface area contributed by atoms with Crippen molar-refractivity contribution in [3.8, 4) is 0 Å². The first-order valence-electron chi connectivity index (χ1n) is 5.54. The molecule has 6 nitrogen and oxygen atoms in total. The van der Waals surface area contributed by atoms with E-state index in [9.17, 15) is 5.11 Å². The summed E-state index contributed by atoms with van der Waals surface area (Å²) in [5, 5.41) is 9.44. The van der Waals surface area contributed by atoms with E-state index in [0.717, 1.165) is 23.3 Å². The van der Waals surface area contributed by atoms with Crippen LogP contribution in [0, 0.1) is 5.92 Å². The Morgan fingerprint density at radius 2 is 2.47 bits per heavy atom. The molecule has 7 heteroatoms. The third kappa shape index (κ3) is 2.36. The SMILES string of the molecule is CC1CCN(c2nc(NN)ncc2Br)C1CO. The molecule has 0 amide bonds. The largest absolute Gasteiger partial charge is 0.394 e. The van der Waals surface area contributed by atoms with Crippen LogP contribution in [0.25, 0.3) is 0 Å². The molecule has 2 heterocycles. The van der Waals surface area contributed by atoms with Crippen LogP contribution in [0.4, 0.5) is 11.8 Å². The first-order valence-corrected chi connectivity index (χ1v) is 6.33. The van der Waals surface area contributed by atoms with Crippen molar-refractivity contribution in [2.75, 3.05) is 23.5 Å². The van der Waals surface area contributed by atoms with Gasteiger partial charge in [-0.2, -0.15) is 4.98 Å². The number of nitrogens with one attached hydrogen (secondary N) is 1. The normalized spacial score (nSPS) is 24.1. The molecule has 1 aromatic rings. The predicted octanol–water partition coefficient (Wildman–Crippen LogP) is 0.732. The Bertz CT molecular complexity index is 402. The first kappa shape index (κ1) is 12.5. The lowest BCUT2D eigenvalue weighted by atomic mass is 10.0. The summed E-state index contributed by atoms with van der Waals surface area (Å²) in [5.74, 6) is 6.91. The van der Waals surface area contributed by atoms with Crippen molar-refractivity contribution in [1.82, 2.24) is 9.97 Å². The summed E-state index contributed by atoms with van der Waals surface area (Å²) in [6.07, 6.45) is 2.71. The number of aromatic nitrogens is 2. The van der Waals surface area contributed by atoms with Gasteiger partial charge in [-0.3, -0.25) is 5.43 Å². The highest BCUT2D eigenvalue weighted by atomic mass is 79.9. The van der Waals surface area contributed by atoms with Crippen molar-refractivity contribution in [3.05, 3.63) is 10.7 Å². The Hall–Kier alpha value is -0.920. The number of halogens is 1. The van der Waals surface area contributed by atoms with Gasteiger partial charge >= 0.3 is 0 Å². The Morgan fingerprint density at radius 1 is 1.71 bits per heavy atom. The smallest absolute Gasteiger partial charge is 0.239 e. The van der Waals surface area contributed by atoms with Crippen LogP contribution >= 0.6 is 15.9 Å². The minimum atomic E-state index is 0.104. The molecular weight excluding hydrogens is 286 g/mol. The maximum absolute atomic E-state index is 9.44. The van der Waals surface area contributed by atoms with Crippen molar-refractivity contribution in [2.24, 2.45) is 11.8 Å². The lowest BCUT2D eigenvalue weighted by Crippen LogP contribution is -2.36. The van der Waals surface area contributed by atoms with Gasteiger partial charge in [-0.05, 0) is 28.3 Å². The summed E-state index contributed by atoms with van der Waals surface area (Å²) in [4.78, 5) is 10.4. The zero-order valence-electron chi connectivity index (χ0n) is 9.60. The van der Waals surface area contributed by atoms with Gasteiger partial charge in [0.05, 0.1) is 17.1 Å². The van der Waals surface area contributed by atoms with E-state index in [1.165, 1.54) is 0 Å². The van der Waals surface area contributed by atoms with E-state index in [1.54, 1.807) is 6.20 Å². The molecule has 1 fully saturated rings. The number of nitrogens with zero attached hydrogens (tertiary/aromatic N) is 3. The molecule has 2 atom stereocenters. The molecule has 0 aromatic carbocycles. The molecule has 94 valence electrons. The number of nitrogen functional groups attached to an aromatic ring is 1. The average Bonchev–Trinajstić information content (AvgIpc) is 2.71. The molecule has 0 radical (unpaired) electrons. The maximum Gasteiger partial charge on any atom is 0.239 e.